The lowest BCUT2D eigenvalue weighted by atomic mass is 9.95. The third-order valence-electron chi connectivity index (χ3n) is 7.64. The van der Waals surface area contributed by atoms with Crippen LogP contribution in [0.1, 0.15) is 57.1 Å². The maximum atomic E-state index is 13.6. The molecule has 2 heterocycles. The van der Waals surface area contributed by atoms with E-state index in [1.807, 2.05) is 29.2 Å². The zero-order valence-corrected chi connectivity index (χ0v) is 22.5. The Morgan fingerprint density at radius 1 is 1.00 bits per heavy atom. The number of likely N-dealkylation sites (tertiary alicyclic amines) is 1. The number of hydrogen-bond donors (Lipinski definition) is 0. The average Bonchev–Trinajstić information content (AvgIpc) is 2.92. The molecule has 0 aromatic heterocycles. The second kappa shape index (κ2) is 13.9. The van der Waals surface area contributed by atoms with Crippen molar-refractivity contribution in [2.45, 2.75) is 65.0 Å². The van der Waals surface area contributed by atoms with Gasteiger partial charge in [0, 0.05) is 38.9 Å². The van der Waals surface area contributed by atoms with Crippen LogP contribution in [-0.2, 0) is 22.5 Å². The van der Waals surface area contributed by atoms with Crippen LogP contribution in [0.3, 0.4) is 0 Å². The fourth-order valence-corrected chi connectivity index (χ4v) is 5.30. The molecular weight excluding hydrogens is 467 g/mol. The molecule has 2 fully saturated rings. The largest absolute Gasteiger partial charge is 0.493 e. The van der Waals surface area contributed by atoms with E-state index in [1.165, 1.54) is 31.4 Å². The number of carbonyl (C=O) groups is 1. The van der Waals surface area contributed by atoms with Crippen LogP contribution in [0, 0.1) is 17.7 Å². The molecule has 4 rings (SSSR count). The summed E-state index contributed by atoms with van der Waals surface area (Å²) in [6, 6.07) is 14.6. The second-order valence-corrected chi connectivity index (χ2v) is 11.1. The Labute approximate surface area is 221 Å². The maximum Gasteiger partial charge on any atom is 0.227 e. The summed E-state index contributed by atoms with van der Waals surface area (Å²) in [4.78, 5) is 18.2. The molecule has 2 aromatic carbocycles. The molecule has 0 spiro atoms. The molecule has 0 atom stereocenters. The topological polar surface area (TPSA) is 42.0 Å². The highest BCUT2D eigenvalue weighted by atomic mass is 19.1. The zero-order valence-electron chi connectivity index (χ0n) is 22.5. The summed E-state index contributed by atoms with van der Waals surface area (Å²) in [5.41, 5.74) is 1.95. The van der Waals surface area contributed by atoms with Gasteiger partial charge in [-0.1, -0.05) is 38.1 Å². The summed E-state index contributed by atoms with van der Waals surface area (Å²) in [5.74, 6) is 1.96. The van der Waals surface area contributed by atoms with E-state index in [0.717, 1.165) is 68.5 Å². The molecule has 202 valence electrons. The molecule has 1 amide bonds. The van der Waals surface area contributed by atoms with Crippen molar-refractivity contribution in [3.8, 4) is 5.75 Å². The quantitative estimate of drug-likeness (QED) is 0.388. The summed E-state index contributed by atoms with van der Waals surface area (Å²) in [7, 11) is 0. The molecule has 2 aliphatic heterocycles. The predicted octanol–water partition coefficient (Wildman–Crippen LogP) is 5.71. The summed E-state index contributed by atoms with van der Waals surface area (Å²) in [6.07, 6.45) is 5.91. The van der Waals surface area contributed by atoms with Gasteiger partial charge in [0.05, 0.1) is 13.0 Å². The minimum atomic E-state index is -0.251. The van der Waals surface area contributed by atoms with Crippen LogP contribution < -0.4 is 4.74 Å². The first-order chi connectivity index (χ1) is 18.0. The van der Waals surface area contributed by atoms with Gasteiger partial charge >= 0.3 is 0 Å². The zero-order chi connectivity index (χ0) is 26.0. The molecule has 6 heteroatoms. The lowest BCUT2D eigenvalue weighted by Crippen LogP contribution is -2.47. The van der Waals surface area contributed by atoms with Gasteiger partial charge in [0.15, 0.2) is 0 Å². The van der Waals surface area contributed by atoms with E-state index in [2.05, 4.69) is 18.7 Å². The van der Waals surface area contributed by atoms with E-state index < -0.39 is 0 Å². The van der Waals surface area contributed by atoms with Gasteiger partial charge in [-0.15, -0.1) is 0 Å². The van der Waals surface area contributed by atoms with Gasteiger partial charge in [-0.3, -0.25) is 4.79 Å². The third kappa shape index (κ3) is 8.82. The number of hydrogen-bond acceptors (Lipinski definition) is 4. The lowest BCUT2D eigenvalue weighted by Gasteiger charge is -2.39. The number of halogens is 1. The van der Waals surface area contributed by atoms with Gasteiger partial charge in [0.1, 0.15) is 11.6 Å². The molecule has 2 aliphatic rings. The van der Waals surface area contributed by atoms with Gasteiger partial charge in [-0.2, -0.15) is 0 Å². The van der Waals surface area contributed by atoms with E-state index in [4.69, 9.17) is 9.47 Å². The van der Waals surface area contributed by atoms with Crippen LogP contribution in [0.5, 0.6) is 5.75 Å². The molecule has 5 nitrogen and oxygen atoms in total. The first-order valence-corrected chi connectivity index (χ1v) is 14.0. The van der Waals surface area contributed by atoms with Crippen molar-refractivity contribution in [1.29, 1.82) is 0 Å². The molecule has 2 saturated heterocycles. The number of nitrogens with zero attached hydrogens (tertiary/aromatic N) is 2. The Hall–Kier alpha value is -2.44. The average molecular weight is 511 g/mol. The highest BCUT2D eigenvalue weighted by molar-refractivity contribution is 5.79. The Morgan fingerprint density at radius 2 is 1.65 bits per heavy atom. The number of piperidine rings is 1. The van der Waals surface area contributed by atoms with Crippen molar-refractivity contribution in [2.75, 3.05) is 39.5 Å². The summed E-state index contributed by atoms with van der Waals surface area (Å²) in [5, 5.41) is 0. The van der Waals surface area contributed by atoms with Gasteiger partial charge in [0.2, 0.25) is 5.91 Å². The van der Waals surface area contributed by atoms with Gasteiger partial charge in [-0.25, -0.2) is 4.39 Å². The molecule has 0 radical (unpaired) electrons. The highest BCUT2D eigenvalue weighted by Crippen LogP contribution is 2.24. The van der Waals surface area contributed by atoms with Gasteiger partial charge < -0.3 is 19.3 Å². The standard InChI is InChI=1S/C31H43FN2O3/c1-24(2)23-37-30-9-5-26(6-10-30)21-31(35)34(22-27-3-7-28(32)8-4-27)29-12-17-33(18-13-29)16-11-25-14-19-36-20-15-25/h3-10,24-25,29H,11-23H2,1-2H3. The minimum Gasteiger partial charge on any atom is -0.493 e. The van der Waals surface area contributed by atoms with Crippen LogP contribution in [0.4, 0.5) is 4.39 Å². The smallest absolute Gasteiger partial charge is 0.227 e. The third-order valence-corrected chi connectivity index (χ3v) is 7.64. The van der Waals surface area contributed by atoms with Gasteiger partial charge in [0.25, 0.3) is 0 Å². The normalized spacial score (nSPS) is 17.7. The van der Waals surface area contributed by atoms with Crippen molar-refractivity contribution in [3.05, 3.63) is 65.5 Å². The van der Waals surface area contributed by atoms with Crippen molar-refractivity contribution in [1.82, 2.24) is 9.80 Å². The molecule has 0 bridgehead atoms. The first kappa shape index (κ1) is 27.6. The van der Waals surface area contributed by atoms with E-state index >= 15 is 0 Å². The first-order valence-electron chi connectivity index (χ1n) is 14.0. The number of amides is 1. The van der Waals surface area contributed by atoms with Crippen LogP contribution in [0.2, 0.25) is 0 Å². The van der Waals surface area contributed by atoms with E-state index in [-0.39, 0.29) is 17.8 Å². The predicted molar refractivity (Wildman–Crippen MR) is 145 cm³/mol. The summed E-state index contributed by atoms with van der Waals surface area (Å²) < 4.78 is 24.8. The number of carbonyl (C=O) groups excluding carboxylic acids is 1. The van der Waals surface area contributed by atoms with E-state index in [0.29, 0.717) is 25.5 Å². The number of rotatable bonds is 11. The van der Waals surface area contributed by atoms with Crippen LogP contribution in [0.15, 0.2) is 48.5 Å². The van der Waals surface area contributed by atoms with Crippen molar-refractivity contribution < 1.29 is 18.7 Å². The van der Waals surface area contributed by atoms with Crippen molar-refractivity contribution in [2.24, 2.45) is 11.8 Å². The lowest BCUT2D eigenvalue weighted by molar-refractivity contribution is -0.134. The molecule has 37 heavy (non-hydrogen) atoms. The Kier molecular flexibility index (Phi) is 10.4. The van der Waals surface area contributed by atoms with Gasteiger partial charge in [-0.05, 0) is 85.9 Å². The molecule has 0 aliphatic carbocycles. The molecular formula is C31H43FN2O3. The minimum absolute atomic E-state index is 0.126. The number of ether oxygens (including phenoxy) is 2. The SMILES string of the molecule is CC(C)COc1ccc(CC(=O)N(Cc2ccc(F)cc2)C2CCN(CCC3CCOCC3)CC2)cc1. The Bertz CT molecular complexity index is 949. The monoisotopic (exact) mass is 510 g/mol. The summed E-state index contributed by atoms with van der Waals surface area (Å²) in [6.45, 7) is 10.4. The Morgan fingerprint density at radius 3 is 2.30 bits per heavy atom. The van der Waals surface area contributed by atoms with Crippen molar-refractivity contribution >= 4 is 5.91 Å². The Balaban J connectivity index is 1.35. The molecule has 0 saturated carbocycles. The summed E-state index contributed by atoms with van der Waals surface area (Å²) >= 11 is 0. The fraction of sp³-hybridized carbons (Fsp3) is 0.581. The van der Waals surface area contributed by atoms with Crippen LogP contribution in [0.25, 0.3) is 0 Å². The van der Waals surface area contributed by atoms with Crippen LogP contribution in [-0.4, -0.2) is 61.2 Å². The van der Waals surface area contributed by atoms with E-state index in [1.54, 1.807) is 12.1 Å². The van der Waals surface area contributed by atoms with E-state index in [9.17, 15) is 9.18 Å². The maximum absolute atomic E-state index is 13.6. The van der Waals surface area contributed by atoms with Crippen molar-refractivity contribution in [3.63, 3.8) is 0 Å². The van der Waals surface area contributed by atoms with Crippen LogP contribution >= 0.6 is 0 Å². The number of benzene rings is 2. The molecule has 0 unspecified atom stereocenters. The molecule has 2 aromatic rings. The fourth-order valence-electron chi connectivity index (χ4n) is 5.30. The second-order valence-electron chi connectivity index (χ2n) is 11.1. The highest BCUT2D eigenvalue weighted by Gasteiger charge is 2.28. The molecule has 0 N–H and O–H groups in total.